The lowest BCUT2D eigenvalue weighted by molar-refractivity contribution is 0.0434. The number of hydrogen-bond donors (Lipinski definition) is 2. The Labute approximate surface area is 215 Å². The Morgan fingerprint density at radius 3 is 2.77 bits per heavy atom. The number of rotatable bonds is 12. The number of aliphatic hydroxyl groups is 1. The van der Waals surface area contributed by atoms with Crippen LogP contribution < -0.4 is 10.2 Å². The summed E-state index contributed by atoms with van der Waals surface area (Å²) in [7, 11) is 3.37. The molecule has 1 aromatic carbocycles. The lowest BCUT2D eigenvalue weighted by Crippen LogP contribution is -2.43. The van der Waals surface area contributed by atoms with E-state index in [1.807, 2.05) is 18.3 Å². The Kier molecular flexibility index (Phi) is 10.5. The minimum absolute atomic E-state index is 0.0573. The first-order chi connectivity index (χ1) is 17.2. The van der Waals surface area contributed by atoms with E-state index < -0.39 is 0 Å². The number of methoxy groups -OCH3 is 1. The van der Waals surface area contributed by atoms with Gasteiger partial charge in [-0.1, -0.05) is 19.3 Å². The number of thioether (sulfide) groups is 1. The summed E-state index contributed by atoms with van der Waals surface area (Å²) in [6.07, 6.45) is 12.1. The highest BCUT2D eigenvalue weighted by Gasteiger charge is 2.29. The van der Waals surface area contributed by atoms with Gasteiger partial charge in [0, 0.05) is 42.3 Å². The summed E-state index contributed by atoms with van der Waals surface area (Å²) in [6, 6.07) is 8.15. The number of aliphatic hydroxyl groups excluding tert-OH is 1. The summed E-state index contributed by atoms with van der Waals surface area (Å²) in [5, 5.41) is 12.2. The zero-order chi connectivity index (χ0) is 24.5. The summed E-state index contributed by atoms with van der Waals surface area (Å²) in [5.74, 6) is 2.94. The van der Waals surface area contributed by atoms with Crippen LogP contribution >= 0.6 is 11.8 Å². The van der Waals surface area contributed by atoms with Crippen molar-refractivity contribution in [1.82, 2.24) is 15.4 Å². The molecule has 2 N–H and O–H groups in total. The van der Waals surface area contributed by atoms with Crippen molar-refractivity contribution in [3.05, 3.63) is 36.0 Å². The van der Waals surface area contributed by atoms with Crippen LogP contribution in [0.5, 0.6) is 5.75 Å². The maximum atomic E-state index is 10.2. The summed E-state index contributed by atoms with van der Waals surface area (Å²) in [6.45, 7) is 3.59. The molecule has 1 aliphatic heterocycles. The number of likely N-dealkylation sites (tertiary alicyclic amines) is 1. The van der Waals surface area contributed by atoms with Crippen molar-refractivity contribution in [2.45, 2.75) is 62.7 Å². The van der Waals surface area contributed by atoms with Gasteiger partial charge in [0.25, 0.3) is 0 Å². The summed E-state index contributed by atoms with van der Waals surface area (Å²) < 4.78 is 5.46. The molecule has 2 aromatic rings. The van der Waals surface area contributed by atoms with Gasteiger partial charge in [0.05, 0.1) is 25.8 Å². The highest BCUT2D eigenvalue weighted by molar-refractivity contribution is 7.99. The zero-order valence-electron chi connectivity index (χ0n) is 21.5. The van der Waals surface area contributed by atoms with Crippen LogP contribution in [0.1, 0.15) is 63.0 Å². The fourth-order valence-corrected chi connectivity index (χ4v) is 7.27. The molecule has 0 bridgehead atoms. The quantitative estimate of drug-likeness (QED) is 0.387. The molecule has 1 saturated heterocycles. The number of fused-ring (bicyclic) bond motifs is 1. The zero-order valence-corrected chi connectivity index (χ0v) is 22.3. The molecule has 1 saturated carbocycles. The minimum Gasteiger partial charge on any atom is -0.497 e. The van der Waals surface area contributed by atoms with Crippen LogP contribution in [-0.2, 0) is 4.84 Å². The maximum Gasteiger partial charge on any atom is 0.119 e. The minimum atomic E-state index is 0.0573. The van der Waals surface area contributed by atoms with Gasteiger partial charge < -0.3 is 19.6 Å². The molecule has 2 aliphatic rings. The van der Waals surface area contributed by atoms with E-state index in [4.69, 9.17) is 9.57 Å². The van der Waals surface area contributed by atoms with E-state index in [0.29, 0.717) is 11.8 Å². The number of ether oxygens (including phenoxy) is 1. The molecule has 0 unspecified atom stereocenters. The number of hydrogen-bond acceptors (Lipinski definition) is 7. The summed E-state index contributed by atoms with van der Waals surface area (Å²) in [4.78, 5) is 12.5. The molecule has 2 fully saturated rings. The fraction of sp³-hybridized carbons (Fsp3) is 0.679. The van der Waals surface area contributed by atoms with E-state index in [0.717, 1.165) is 60.8 Å². The average Bonchev–Trinajstić information content (AvgIpc) is 2.91. The van der Waals surface area contributed by atoms with Gasteiger partial charge in [0.1, 0.15) is 5.75 Å². The standard InChI is InChI=1S/C28H43N3O3S/c1-33-23-9-11-27-26(18-23)25(12-14-29-27)28(30-34-2)10-8-21-13-15-31(19-22(21)20-32)16-17-35-24-6-4-3-5-7-24/h9,11-12,14,18,21-22,24,28,30,32H,3-8,10,13,15-17,19-20H2,1-2H3/t21-,22-,28+/m1/s1. The molecular formula is C28H43N3O3S. The Bertz CT molecular complexity index is 908. The molecule has 7 heteroatoms. The van der Waals surface area contributed by atoms with E-state index in [1.165, 1.54) is 43.4 Å². The van der Waals surface area contributed by atoms with Crippen molar-refractivity contribution in [3.8, 4) is 5.75 Å². The van der Waals surface area contributed by atoms with E-state index in [-0.39, 0.29) is 12.6 Å². The van der Waals surface area contributed by atoms with Gasteiger partial charge in [-0.25, -0.2) is 0 Å². The van der Waals surface area contributed by atoms with Crippen LogP contribution in [0.15, 0.2) is 30.5 Å². The first-order valence-electron chi connectivity index (χ1n) is 13.4. The van der Waals surface area contributed by atoms with Gasteiger partial charge in [0.2, 0.25) is 0 Å². The summed E-state index contributed by atoms with van der Waals surface area (Å²) >= 11 is 2.18. The number of hydroxylamine groups is 1. The number of nitrogens with one attached hydrogen (secondary N) is 1. The number of pyridine rings is 1. The van der Waals surface area contributed by atoms with Crippen LogP contribution in [0.4, 0.5) is 0 Å². The van der Waals surface area contributed by atoms with E-state index >= 15 is 0 Å². The first-order valence-corrected chi connectivity index (χ1v) is 14.4. The predicted molar refractivity (Wildman–Crippen MR) is 145 cm³/mol. The van der Waals surface area contributed by atoms with E-state index in [2.05, 4.69) is 39.3 Å². The third-order valence-electron chi connectivity index (χ3n) is 7.97. The second kappa shape index (κ2) is 13.8. The Balaban J connectivity index is 1.33. The predicted octanol–water partition coefficient (Wildman–Crippen LogP) is 5.21. The normalized spacial score (nSPS) is 22.9. The second-order valence-electron chi connectivity index (χ2n) is 10.2. The van der Waals surface area contributed by atoms with Crippen molar-refractivity contribution in [2.75, 3.05) is 46.2 Å². The van der Waals surface area contributed by atoms with Gasteiger partial charge in [0.15, 0.2) is 0 Å². The number of nitrogens with zero attached hydrogens (tertiary/aromatic N) is 2. The van der Waals surface area contributed by atoms with Gasteiger partial charge >= 0.3 is 0 Å². The molecule has 6 nitrogen and oxygen atoms in total. The number of piperidine rings is 1. The molecule has 2 heterocycles. The maximum absolute atomic E-state index is 10.2. The van der Waals surface area contributed by atoms with Crippen LogP contribution in [0.2, 0.25) is 0 Å². The topological polar surface area (TPSA) is 66.9 Å². The third-order valence-corrected chi connectivity index (χ3v) is 9.33. The lowest BCUT2D eigenvalue weighted by atomic mass is 9.81. The Hall–Kier alpha value is -1.38. The van der Waals surface area contributed by atoms with E-state index in [1.54, 1.807) is 14.2 Å². The van der Waals surface area contributed by atoms with Crippen molar-refractivity contribution in [2.24, 2.45) is 11.8 Å². The van der Waals surface area contributed by atoms with Crippen LogP contribution in [-0.4, -0.2) is 66.5 Å². The molecular weight excluding hydrogens is 458 g/mol. The molecule has 0 amide bonds. The smallest absolute Gasteiger partial charge is 0.119 e. The summed E-state index contributed by atoms with van der Waals surface area (Å²) in [5.41, 5.74) is 5.36. The van der Waals surface area contributed by atoms with Gasteiger partial charge in [-0.3, -0.25) is 4.98 Å². The highest BCUT2D eigenvalue weighted by atomic mass is 32.2. The highest BCUT2D eigenvalue weighted by Crippen LogP contribution is 2.34. The number of benzene rings is 1. The average molecular weight is 502 g/mol. The first kappa shape index (κ1) is 26.7. The van der Waals surface area contributed by atoms with Crippen molar-refractivity contribution >= 4 is 22.7 Å². The lowest BCUT2D eigenvalue weighted by Gasteiger charge is -2.38. The second-order valence-corrected chi connectivity index (χ2v) is 11.6. The van der Waals surface area contributed by atoms with Crippen LogP contribution in [0, 0.1) is 11.8 Å². The molecule has 0 spiro atoms. The third kappa shape index (κ3) is 7.32. The Morgan fingerprint density at radius 1 is 1.14 bits per heavy atom. The van der Waals surface area contributed by atoms with Crippen molar-refractivity contribution in [3.63, 3.8) is 0 Å². The van der Waals surface area contributed by atoms with Gasteiger partial charge in [-0.15, -0.1) is 0 Å². The largest absolute Gasteiger partial charge is 0.497 e. The molecule has 1 aromatic heterocycles. The van der Waals surface area contributed by atoms with Crippen LogP contribution in [0.25, 0.3) is 10.9 Å². The fourth-order valence-electron chi connectivity index (χ4n) is 5.90. The molecule has 3 atom stereocenters. The monoisotopic (exact) mass is 501 g/mol. The molecule has 0 radical (unpaired) electrons. The SMILES string of the molecule is CON[C@@H](CC[C@@H]1CCN(CCSC2CCCCC2)C[C@@H]1CO)c1ccnc2ccc(OC)cc12. The van der Waals surface area contributed by atoms with Gasteiger partial charge in [-0.2, -0.15) is 17.2 Å². The number of aromatic nitrogens is 1. The van der Waals surface area contributed by atoms with Crippen molar-refractivity contribution < 1.29 is 14.7 Å². The molecule has 194 valence electrons. The van der Waals surface area contributed by atoms with Gasteiger partial charge in [-0.05, 0) is 80.3 Å². The molecule has 4 rings (SSSR count). The molecule has 1 aliphatic carbocycles. The Morgan fingerprint density at radius 2 is 2.00 bits per heavy atom. The van der Waals surface area contributed by atoms with Crippen molar-refractivity contribution in [1.29, 1.82) is 0 Å². The van der Waals surface area contributed by atoms with E-state index in [9.17, 15) is 5.11 Å². The van der Waals surface area contributed by atoms with Crippen LogP contribution in [0.3, 0.4) is 0 Å². The molecule has 35 heavy (non-hydrogen) atoms.